The van der Waals surface area contributed by atoms with Crippen LogP contribution in [-0.2, 0) is 9.53 Å². The first-order chi connectivity index (χ1) is 11.5. The number of nitrogens with one attached hydrogen (secondary N) is 2. The van der Waals surface area contributed by atoms with Crippen molar-refractivity contribution in [2.45, 2.75) is 32.5 Å². The molecule has 2 amide bonds. The van der Waals surface area contributed by atoms with E-state index in [4.69, 9.17) is 4.74 Å². The van der Waals surface area contributed by atoms with Crippen LogP contribution < -0.4 is 10.6 Å². The fraction of sp³-hybridized carbons (Fsp3) is 0.353. The maximum absolute atomic E-state index is 12.3. The molecule has 7 heteroatoms. The summed E-state index contributed by atoms with van der Waals surface area (Å²) in [6, 6.07) is 6.75. The third-order valence-corrected chi connectivity index (χ3v) is 4.61. The van der Waals surface area contributed by atoms with Gasteiger partial charge in [0.1, 0.15) is 6.10 Å². The smallest absolute Gasteiger partial charge is 0.257 e. The minimum absolute atomic E-state index is 0.104. The highest BCUT2D eigenvalue weighted by atomic mass is 32.1. The van der Waals surface area contributed by atoms with E-state index in [9.17, 15) is 9.59 Å². The third kappa shape index (κ3) is 3.80. The van der Waals surface area contributed by atoms with Crippen LogP contribution in [0.1, 0.15) is 30.6 Å². The Labute approximate surface area is 144 Å². The van der Waals surface area contributed by atoms with Gasteiger partial charge < -0.3 is 10.1 Å². The number of ether oxygens (including phenoxy) is 1. The number of aromatic nitrogens is 1. The van der Waals surface area contributed by atoms with Crippen molar-refractivity contribution in [3.8, 4) is 0 Å². The molecule has 3 rings (SSSR count). The van der Waals surface area contributed by atoms with Crippen LogP contribution in [0.15, 0.2) is 35.8 Å². The van der Waals surface area contributed by atoms with E-state index in [1.807, 2.05) is 13.8 Å². The first kappa shape index (κ1) is 16.6. The molecule has 6 nitrogen and oxygen atoms in total. The van der Waals surface area contributed by atoms with Crippen LogP contribution in [-0.4, -0.2) is 29.0 Å². The van der Waals surface area contributed by atoms with Gasteiger partial charge in [-0.1, -0.05) is 6.92 Å². The van der Waals surface area contributed by atoms with Gasteiger partial charge in [-0.25, -0.2) is 4.98 Å². The van der Waals surface area contributed by atoms with Crippen molar-refractivity contribution >= 4 is 34.0 Å². The molecule has 0 spiro atoms. The molecule has 2 aromatic rings. The highest BCUT2D eigenvalue weighted by molar-refractivity contribution is 7.13. The summed E-state index contributed by atoms with van der Waals surface area (Å²) in [4.78, 5) is 28.4. The predicted molar refractivity (Wildman–Crippen MR) is 93.3 cm³/mol. The number of benzene rings is 1. The molecule has 1 fully saturated rings. The molecular weight excluding hydrogens is 326 g/mol. The van der Waals surface area contributed by atoms with Crippen LogP contribution in [0, 0.1) is 5.92 Å². The lowest BCUT2D eigenvalue weighted by atomic mass is 10.0. The average molecular weight is 345 g/mol. The molecule has 126 valence electrons. The van der Waals surface area contributed by atoms with Crippen molar-refractivity contribution < 1.29 is 14.3 Å². The van der Waals surface area contributed by atoms with Gasteiger partial charge in [-0.3, -0.25) is 14.9 Å². The first-order valence-electron chi connectivity index (χ1n) is 7.80. The lowest BCUT2D eigenvalue weighted by molar-refractivity contribution is -0.127. The quantitative estimate of drug-likeness (QED) is 0.892. The molecule has 1 aliphatic rings. The molecule has 0 aliphatic carbocycles. The van der Waals surface area contributed by atoms with Crippen molar-refractivity contribution in [3.05, 3.63) is 41.4 Å². The lowest BCUT2D eigenvalue weighted by Crippen LogP contribution is -2.31. The van der Waals surface area contributed by atoms with Gasteiger partial charge in [-0.15, -0.1) is 11.3 Å². The summed E-state index contributed by atoms with van der Waals surface area (Å²) in [6.45, 7) is 3.99. The summed E-state index contributed by atoms with van der Waals surface area (Å²) < 4.78 is 5.65. The second-order valence-electron chi connectivity index (χ2n) is 5.94. The zero-order valence-corrected chi connectivity index (χ0v) is 14.3. The van der Waals surface area contributed by atoms with Gasteiger partial charge in [-0.2, -0.15) is 0 Å². The van der Waals surface area contributed by atoms with Gasteiger partial charge >= 0.3 is 0 Å². The van der Waals surface area contributed by atoms with Crippen molar-refractivity contribution in [2.75, 3.05) is 10.6 Å². The summed E-state index contributed by atoms with van der Waals surface area (Å²) >= 11 is 1.36. The van der Waals surface area contributed by atoms with Crippen molar-refractivity contribution in [3.63, 3.8) is 0 Å². The fourth-order valence-corrected chi connectivity index (χ4v) is 3.30. The van der Waals surface area contributed by atoms with Crippen LogP contribution in [0.3, 0.4) is 0 Å². The van der Waals surface area contributed by atoms with Crippen LogP contribution in [0.25, 0.3) is 0 Å². The van der Waals surface area contributed by atoms with E-state index < -0.39 is 6.10 Å². The van der Waals surface area contributed by atoms with Crippen LogP contribution in [0.2, 0.25) is 0 Å². The first-order valence-corrected chi connectivity index (χ1v) is 8.68. The van der Waals surface area contributed by atoms with Crippen molar-refractivity contribution in [2.24, 2.45) is 5.92 Å². The number of nitrogens with zero attached hydrogens (tertiary/aromatic N) is 1. The number of anilines is 2. The highest BCUT2D eigenvalue weighted by Gasteiger charge is 2.34. The number of hydrogen-bond acceptors (Lipinski definition) is 5. The molecule has 1 aromatic heterocycles. The number of thiazole rings is 1. The lowest BCUT2D eigenvalue weighted by Gasteiger charge is -2.15. The van der Waals surface area contributed by atoms with E-state index in [0.29, 0.717) is 16.4 Å². The summed E-state index contributed by atoms with van der Waals surface area (Å²) in [5, 5.41) is 7.90. The minimum Gasteiger partial charge on any atom is -0.365 e. The Morgan fingerprint density at radius 3 is 2.54 bits per heavy atom. The second kappa shape index (κ2) is 7.11. The van der Waals surface area contributed by atoms with Gasteiger partial charge in [0.25, 0.3) is 11.8 Å². The van der Waals surface area contributed by atoms with Gasteiger partial charge in [-0.05, 0) is 43.5 Å². The third-order valence-electron chi connectivity index (χ3n) is 3.93. The molecule has 24 heavy (non-hydrogen) atoms. The van der Waals surface area contributed by atoms with Crippen LogP contribution in [0.4, 0.5) is 10.8 Å². The van der Waals surface area contributed by atoms with Gasteiger partial charge in [0.05, 0.1) is 6.10 Å². The molecule has 2 heterocycles. The average Bonchev–Trinajstić information content (AvgIpc) is 3.17. The largest absolute Gasteiger partial charge is 0.365 e. The van der Waals surface area contributed by atoms with Crippen LogP contribution in [0.5, 0.6) is 0 Å². The Morgan fingerprint density at radius 1 is 1.21 bits per heavy atom. The van der Waals surface area contributed by atoms with E-state index in [-0.39, 0.29) is 23.8 Å². The van der Waals surface area contributed by atoms with Gasteiger partial charge in [0, 0.05) is 22.8 Å². The van der Waals surface area contributed by atoms with E-state index in [0.717, 1.165) is 6.42 Å². The SMILES string of the molecule is C[C@@H]1C[C@@H](C)[C@@H](C(=O)Nc2ccc(C(=O)Nc3nccs3)cc2)O1. The molecule has 2 N–H and O–H groups in total. The summed E-state index contributed by atoms with van der Waals surface area (Å²) in [5.41, 5.74) is 1.14. The maximum atomic E-state index is 12.3. The van der Waals surface area contributed by atoms with Crippen molar-refractivity contribution in [1.82, 2.24) is 4.98 Å². The van der Waals surface area contributed by atoms with E-state index in [2.05, 4.69) is 15.6 Å². The zero-order chi connectivity index (χ0) is 17.1. The number of amides is 2. The highest BCUT2D eigenvalue weighted by Crippen LogP contribution is 2.26. The number of hydrogen-bond donors (Lipinski definition) is 2. The maximum Gasteiger partial charge on any atom is 0.257 e. The molecule has 1 saturated heterocycles. The topological polar surface area (TPSA) is 80.3 Å². The van der Waals surface area contributed by atoms with Gasteiger partial charge in [0.15, 0.2) is 5.13 Å². The molecule has 0 saturated carbocycles. The molecule has 1 aromatic carbocycles. The minimum atomic E-state index is -0.423. The van der Waals surface area contributed by atoms with E-state index >= 15 is 0 Å². The normalized spacial score (nSPS) is 23.0. The molecule has 0 bridgehead atoms. The second-order valence-corrected chi connectivity index (χ2v) is 6.83. The molecule has 0 radical (unpaired) electrons. The monoisotopic (exact) mass is 345 g/mol. The summed E-state index contributed by atoms with van der Waals surface area (Å²) in [7, 11) is 0. The Kier molecular flexibility index (Phi) is 4.92. The number of carbonyl (C=O) groups is 2. The molecule has 1 aliphatic heterocycles. The predicted octanol–water partition coefficient (Wildman–Crippen LogP) is 3.15. The van der Waals surface area contributed by atoms with Gasteiger partial charge in [0.2, 0.25) is 0 Å². The summed E-state index contributed by atoms with van der Waals surface area (Å²) in [5.74, 6) is -0.181. The fourth-order valence-electron chi connectivity index (χ4n) is 2.78. The Bertz CT molecular complexity index is 715. The summed E-state index contributed by atoms with van der Waals surface area (Å²) in [6.07, 6.45) is 2.19. The molecular formula is C17H19N3O3S. The van der Waals surface area contributed by atoms with E-state index in [1.165, 1.54) is 11.3 Å². The number of rotatable bonds is 4. The Hall–Kier alpha value is -2.25. The molecule has 3 atom stereocenters. The van der Waals surface area contributed by atoms with E-state index in [1.54, 1.807) is 35.8 Å². The Morgan fingerprint density at radius 2 is 1.96 bits per heavy atom. The number of carbonyl (C=O) groups excluding carboxylic acids is 2. The van der Waals surface area contributed by atoms with Crippen LogP contribution >= 0.6 is 11.3 Å². The standard InChI is InChI=1S/C17H19N3O3S/c1-10-9-11(2)23-14(10)16(22)19-13-5-3-12(4-6-13)15(21)20-17-18-7-8-24-17/h3-8,10-11,14H,9H2,1-2H3,(H,19,22)(H,18,20,21)/t10-,11-,14+/m1/s1. The Balaban J connectivity index is 1.60. The van der Waals surface area contributed by atoms with Crippen molar-refractivity contribution in [1.29, 1.82) is 0 Å². The zero-order valence-electron chi connectivity index (χ0n) is 13.5. The molecule has 0 unspecified atom stereocenters.